The number of hydrogen-bond acceptors (Lipinski definition) is 9. The average Bonchev–Trinajstić information content (AvgIpc) is 3.32. The second-order valence-corrected chi connectivity index (χ2v) is 15.8. The average molecular weight is 836 g/mol. The molecule has 0 amide bonds. The Bertz CT molecular complexity index is 2830. The molecule has 0 bridgehead atoms. The number of nitrogens with zero attached hydrogens (tertiary/aromatic N) is 9. The van der Waals surface area contributed by atoms with Crippen LogP contribution in [0.5, 0.6) is 0 Å². The Morgan fingerprint density at radius 2 is 0.797 bits per heavy atom. The van der Waals surface area contributed by atoms with E-state index < -0.39 is 0 Å². The van der Waals surface area contributed by atoms with Crippen LogP contribution in [0.2, 0.25) is 0 Å². The van der Waals surface area contributed by atoms with Gasteiger partial charge in [-0.05, 0) is 148 Å². The summed E-state index contributed by atoms with van der Waals surface area (Å²) in [7, 11) is 0. The van der Waals surface area contributed by atoms with Crippen molar-refractivity contribution in [2.45, 2.75) is 41.5 Å². The fourth-order valence-corrected chi connectivity index (χ4v) is 8.37. The minimum Gasteiger partial charge on any atom is -0.294 e. The van der Waals surface area contributed by atoms with E-state index in [9.17, 15) is 0 Å². The van der Waals surface area contributed by atoms with Gasteiger partial charge in [-0.3, -0.25) is 24.6 Å². The van der Waals surface area contributed by atoms with Gasteiger partial charge in [0.1, 0.15) is 35.4 Å². The van der Waals surface area contributed by atoms with Gasteiger partial charge in [0.05, 0.1) is 17.1 Å². The van der Waals surface area contributed by atoms with Gasteiger partial charge in [-0.2, -0.15) is 0 Å². The third-order valence-electron chi connectivity index (χ3n) is 11.5. The highest BCUT2D eigenvalue weighted by molar-refractivity contribution is 5.88. The molecule has 0 saturated heterocycles. The molecular formula is C55H49N9. The second-order valence-electron chi connectivity index (χ2n) is 15.8. The molecule has 4 aromatic heterocycles. The Hall–Kier alpha value is -8.17. The first kappa shape index (κ1) is 41.2. The number of anilines is 12. The maximum Gasteiger partial charge on any atom is 0.147 e. The van der Waals surface area contributed by atoms with Gasteiger partial charge in [0, 0.05) is 46.9 Å². The third kappa shape index (κ3) is 7.91. The molecule has 0 saturated carbocycles. The second kappa shape index (κ2) is 18.0. The first-order chi connectivity index (χ1) is 31.3. The van der Waals surface area contributed by atoms with Gasteiger partial charge in [-0.15, -0.1) is 0 Å². The summed E-state index contributed by atoms with van der Waals surface area (Å²) in [6.07, 6.45) is 7.21. The van der Waals surface area contributed by atoms with E-state index in [4.69, 9.17) is 19.9 Å². The highest BCUT2D eigenvalue weighted by Gasteiger charge is 2.29. The van der Waals surface area contributed by atoms with Gasteiger partial charge in [0.25, 0.3) is 0 Å². The van der Waals surface area contributed by atoms with Crippen LogP contribution in [-0.2, 0) is 0 Å². The minimum absolute atomic E-state index is 0.711. The lowest BCUT2D eigenvalue weighted by atomic mass is 10.1. The lowest BCUT2D eigenvalue weighted by Crippen LogP contribution is -2.22. The molecule has 0 aliphatic rings. The van der Waals surface area contributed by atoms with Gasteiger partial charge in [-0.25, -0.2) is 19.9 Å². The molecule has 0 fully saturated rings. The van der Waals surface area contributed by atoms with Crippen LogP contribution in [0.25, 0.3) is 0 Å². The fourth-order valence-electron chi connectivity index (χ4n) is 8.37. The van der Waals surface area contributed by atoms with Gasteiger partial charge in [-0.1, -0.05) is 84.9 Å². The summed E-state index contributed by atoms with van der Waals surface area (Å²) >= 11 is 0. The van der Waals surface area contributed by atoms with Crippen molar-refractivity contribution in [3.05, 3.63) is 222 Å². The van der Waals surface area contributed by atoms with Gasteiger partial charge in [0.15, 0.2) is 0 Å². The van der Waals surface area contributed by atoms with Crippen LogP contribution in [0, 0.1) is 41.5 Å². The van der Waals surface area contributed by atoms with Crippen molar-refractivity contribution in [3.63, 3.8) is 0 Å². The van der Waals surface area contributed by atoms with Gasteiger partial charge < -0.3 is 0 Å². The van der Waals surface area contributed by atoms with E-state index in [1.807, 2.05) is 79.3 Å². The van der Waals surface area contributed by atoms with Crippen molar-refractivity contribution in [2.75, 3.05) is 19.6 Å². The van der Waals surface area contributed by atoms with Crippen molar-refractivity contribution in [1.29, 1.82) is 0 Å². The molecule has 9 heteroatoms. The van der Waals surface area contributed by atoms with E-state index in [0.717, 1.165) is 96.5 Å². The van der Waals surface area contributed by atoms with Crippen molar-refractivity contribution < 1.29 is 0 Å². The van der Waals surface area contributed by atoms with E-state index in [2.05, 4.69) is 169 Å². The maximum absolute atomic E-state index is 5.71. The Kier molecular flexibility index (Phi) is 11.6. The topological polar surface area (TPSA) is 77.4 Å². The first-order valence-corrected chi connectivity index (χ1v) is 21.4. The molecule has 5 aromatic carbocycles. The number of aryl methyl sites for hydroxylation is 4. The van der Waals surface area contributed by atoms with Crippen molar-refractivity contribution in [2.24, 2.45) is 0 Å². The normalized spacial score (nSPS) is 11.0. The highest BCUT2D eigenvalue weighted by Crippen LogP contribution is 2.47. The van der Waals surface area contributed by atoms with Crippen LogP contribution in [0.1, 0.15) is 33.4 Å². The third-order valence-corrected chi connectivity index (χ3v) is 11.5. The zero-order valence-corrected chi connectivity index (χ0v) is 36.9. The van der Waals surface area contributed by atoms with Crippen molar-refractivity contribution in [1.82, 2.24) is 24.9 Å². The number of rotatable bonds is 12. The Morgan fingerprint density at radius 1 is 0.328 bits per heavy atom. The lowest BCUT2D eigenvalue weighted by molar-refractivity contribution is 1.02. The predicted molar refractivity (Wildman–Crippen MR) is 263 cm³/mol. The minimum atomic E-state index is 0.711. The summed E-state index contributed by atoms with van der Waals surface area (Å²) in [5, 5.41) is 0. The molecule has 64 heavy (non-hydrogen) atoms. The van der Waals surface area contributed by atoms with Crippen molar-refractivity contribution in [3.8, 4) is 0 Å². The zero-order valence-electron chi connectivity index (χ0n) is 36.9. The standard InChI is InChI=1S/C55H49N9/c1-38-21-20-33-57-51(38)62(45-24-13-8-14-25-45)49-30-19-31-50(42(49)5)63(46-26-15-9-16-27-46)52-39(2)35-40(3)53(60-52)64(47-28-17-10-18-29-47)55-43(6)54(58-37-59-55)61(44-22-11-7-12-23-44)48-32-34-56-36-41(48)4/h7-37H,1-6H3. The SMILES string of the molecule is Cc1cnccc1N(c1ccccc1)c1ncnc(N(c2ccccc2)c2nc(N(c3ccccc3)c3cccc(N(c4ccccc4)c4ncccc4C)c3C)c(C)cc2C)c1C. The summed E-state index contributed by atoms with van der Waals surface area (Å²) in [4.78, 5) is 33.9. The first-order valence-electron chi connectivity index (χ1n) is 21.4. The molecule has 0 unspecified atom stereocenters. The quantitative estimate of drug-likeness (QED) is 0.120. The Balaban J connectivity index is 1.25. The molecule has 0 N–H and O–H groups in total. The lowest BCUT2D eigenvalue weighted by Gasteiger charge is -2.33. The van der Waals surface area contributed by atoms with E-state index in [0.29, 0.717) is 5.82 Å². The summed E-state index contributed by atoms with van der Waals surface area (Å²) in [6.45, 7) is 12.7. The molecule has 0 radical (unpaired) electrons. The molecule has 9 nitrogen and oxygen atoms in total. The van der Waals surface area contributed by atoms with E-state index >= 15 is 0 Å². The van der Waals surface area contributed by atoms with Crippen LogP contribution < -0.4 is 19.6 Å². The zero-order chi connectivity index (χ0) is 44.2. The van der Waals surface area contributed by atoms with Crippen molar-refractivity contribution >= 4 is 68.9 Å². The van der Waals surface area contributed by atoms with E-state index in [-0.39, 0.29) is 0 Å². The molecule has 9 aromatic rings. The van der Waals surface area contributed by atoms with Crippen LogP contribution in [0.15, 0.2) is 189 Å². The summed E-state index contributed by atoms with van der Waals surface area (Å²) in [6, 6.07) is 56.4. The van der Waals surface area contributed by atoms with Crippen LogP contribution in [0.3, 0.4) is 0 Å². The van der Waals surface area contributed by atoms with Gasteiger partial charge in [0.2, 0.25) is 0 Å². The van der Waals surface area contributed by atoms with Crippen LogP contribution in [-0.4, -0.2) is 24.9 Å². The predicted octanol–water partition coefficient (Wildman–Crippen LogP) is 14.4. The Labute approximate surface area is 375 Å². The maximum atomic E-state index is 5.71. The molecule has 4 heterocycles. The molecule has 9 rings (SSSR count). The number of benzene rings is 5. The number of para-hydroxylation sites is 4. The summed E-state index contributed by atoms with van der Waals surface area (Å²) < 4.78 is 0. The van der Waals surface area contributed by atoms with Gasteiger partial charge >= 0.3 is 0 Å². The molecular weight excluding hydrogens is 787 g/mol. The Morgan fingerprint density at radius 3 is 1.31 bits per heavy atom. The monoisotopic (exact) mass is 835 g/mol. The molecule has 0 atom stereocenters. The smallest absolute Gasteiger partial charge is 0.147 e. The fraction of sp³-hybridized carbons (Fsp3) is 0.109. The number of pyridine rings is 3. The molecule has 0 aliphatic carbocycles. The van der Waals surface area contributed by atoms with Crippen LogP contribution in [0.4, 0.5) is 68.9 Å². The van der Waals surface area contributed by atoms with Crippen LogP contribution >= 0.6 is 0 Å². The van der Waals surface area contributed by atoms with E-state index in [1.54, 1.807) is 6.33 Å². The number of aromatic nitrogens is 5. The molecule has 0 aliphatic heterocycles. The largest absolute Gasteiger partial charge is 0.294 e. The number of hydrogen-bond donors (Lipinski definition) is 0. The summed E-state index contributed by atoms with van der Waals surface area (Å²) in [5.41, 5.74) is 12.9. The molecule has 0 spiro atoms. The summed E-state index contributed by atoms with van der Waals surface area (Å²) in [5.74, 6) is 3.87. The van der Waals surface area contributed by atoms with E-state index in [1.165, 1.54) is 0 Å². The molecule has 314 valence electrons. The highest BCUT2D eigenvalue weighted by atomic mass is 15.3.